The standard InChI is InChI=1S/C11H21NO2S/c1-5-11(2,3)10-6-8-12(9-7-10)15(4,13)14/h6H,5,7-9H2,1-4H3. The van der Waals surface area contributed by atoms with Crippen molar-refractivity contribution in [2.24, 2.45) is 5.41 Å². The van der Waals surface area contributed by atoms with E-state index in [-0.39, 0.29) is 5.41 Å². The highest BCUT2D eigenvalue weighted by Gasteiger charge is 2.26. The van der Waals surface area contributed by atoms with E-state index in [0.29, 0.717) is 13.1 Å². The topological polar surface area (TPSA) is 37.4 Å². The smallest absolute Gasteiger partial charge is 0.211 e. The molecular weight excluding hydrogens is 210 g/mol. The van der Waals surface area contributed by atoms with Crippen LogP contribution in [0.25, 0.3) is 0 Å². The van der Waals surface area contributed by atoms with Gasteiger partial charge in [0.2, 0.25) is 10.0 Å². The summed E-state index contributed by atoms with van der Waals surface area (Å²) in [7, 11) is -3.01. The minimum absolute atomic E-state index is 0.212. The number of hydrogen-bond acceptors (Lipinski definition) is 2. The Hall–Kier alpha value is -0.350. The molecule has 0 saturated carbocycles. The monoisotopic (exact) mass is 231 g/mol. The number of hydrogen-bond donors (Lipinski definition) is 0. The Morgan fingerprint density at radius 3 is 2.40 bits per heavy atom. The molecule has 1 aliphatic rings. The zero-order valence-corrected chi connectivity index (χ0v) is 10.9. The average Bonchev–Trinajstić information content (AvgIpc) is 2.17. The maximum absolute atomic E-state index is 11.3. The van der Waals surface area contributed by atoms with Crippen LogP contribution in [0.2, 0.25) is 0 Å². The van der Waals surface area contributed by atoms with Crippen molar-refractivity contribution < 1.29 is 8.42 Å². The van der Waals surface area contributed by atoms with Gasteiger partial charge in [-0.3, -0.25) is 0 Å². The van der Waals surface area contributed by atoms with Crippen LogP contribution < -0.4 is 0 Å². The summed E-state index contributed by atoms with van der Waals surface area (Å²) < 4.78 is 24.1. The van der Waals surface area contributed by atoms with E-state index in [4.69, 9.17) is 0 Å². The van der Waals surface area contributed by atoms with Crippen molar-refractivity contribution in [1.82, 2.24) is 4.31 Å². The Kier molecular flexibility index (Phi) is 3.61. The van der Waals surface area contributed by atoms with E-state index in [2.05, 4.69) is 26.8 Å². The number of nitrogens with zero attached hydrogens (tertiary/aromatic N) is 1. The molecule has 1 rings (SSSR count). The lowest BCUT2D eigenvalue weighted by Gasteiger charge is -2.32. The van der Waals surface area contributed by atoms with Crippen LogP contribution in [0.5, 0.6) is 0 Å². The summed E-state index contributed by atoms with van der Waals surface area (Å²) >= 11 is 0. The third-order valence-corrected chi connectivity index (χ3v) is 4.66. The minimum Gasteiger partial charge on any atom is -0.212 e. The van der Waals surface area contributed by atoms with Crippen LogP contribution >= 0.6 is 0 Å². The molecule has 0 radical (unpaired) electrons. The second-order valence-electron chi connectivity index (χ2n) is 4.84. The van der Waals surface area contributed by atoms with Crippen LogP contribution in [-0.2, 0) is 10.0 Å². The fraction of sp³-hybridized carbons (Fsp3) is 0.818. The fourth-order valence-corrected chi connectivity index (χ4v) is 2.56. The molecule has 0 unspecified atom stereocenters. The molecule has 0 spiro atoms. The van der Waals surface area contributed by atoms with Crippen molar-refractivity contribution in [1.29, 1.82) is 0 Å². The van der Waals surface area contributed by atoms with E-state index in [0.717, 1.165) is 12.8 Å². The van der Waals surface area contributed by atoms with Crippen molar-refractivity contribution in [3.63, 3.8) is 0 Å². The molecule has 0 N–H and O–H groups in total. The highest BCUT2D eigenvalue weighted by molar-refractivity contribution is 7.88. The fourth-order valence-electron chi connectivity index (χ4n) is 1.79. The Labute approximate surface area is 93.2 Å². The first kappa shape index (κ1) is 12.7. The van der Waals surface area contributed by atoms with Gasteiger partial charge in [-0.05, 0) is 18.3 Å². The van der Waals surface area contributed by atoms with Gasteiger partial charge in [0, 0.05) is 13.1 Å². The summed E-state index contributed by atoms with van der Waals surface area (Å²) in [4.78, 5) is 0. The van der Waals surface area contributed by atoms with Gasteiger partial charge in [0.1, 0.15) is 0 Å². The van der Waals surface area contributed by atoms with Crippen LogP contribution in [0, 0.1) is 5.41 Å². The molecule has 0 atom stereocenters. The molecule has 0 fully saturated rings. The van der Waals surface area contributed by atoms with Gasteiger partial charge in [0.05, 0.1) is 6.26 Å². The largest absolute Gasteiger partial charge is 0.212 e. The Morgan fingerprint density at radius 2 is 2.07 bits per heavy atom. The van der Waals surface area contributed by atoms with E-state index in [1.165, 1.54) is 16.1 Å². The van der Waals surface area contributed by atoms with E-state index in [1.54, 1.807) is 0 Å². The van der Waals surface area contributed by atoms with Gasteiger partial charge in [0.15, 0.2) is 0 Å². The normalized spacial score (nSPS) is 20.1. The molecule has 0 aromatic rings. The summed E-state index contributed by atoms with van der Waals surface area (Å²) in [6.45, 7) is 7.78. The van der Waals surface area contributed by atoms with Gasteiger partial charge in [0.25, 0.3) is 0 Å². The maximum Gasteiger partial charge on any atom is 0.211 e. The van der Waals surface area contributed by atoms with Gasteiger partial charge in [-0.2, -0.15) is 4.31 Å². The molecule has 0 aromatic carbocycles. The molecule has 88 valence electrons. The lowest BCUT2D eigenvalue weighted by Crippen LogP contribution is -2.35. The van der Waals surface area contributed by atoms with Crippen molar-refractivity contribution in [2.45, 2.75) is 33.6 Å². The van der Waals surface area contributed by atoms with E-state index < -0.39 is 10.0 Å². The minimum atomic E-state index is -3.01. The van der Waals surface area contributed by atoms with Crippen LogP contribution in [0.3, 0.4) is 0 Å². The SMILES string of the molecule is CCC(C)(C)C1=CCN(S(C)(=O)=O)CC1. The van der Waals surface area contributed by atoms with Gasteiger partial charge < -0.3 is 0 Å². The number of sulfonamides is 1. The van der Waals surface area contributed by atoms with Crippen LogP contribution in [0.4, 0.5) is 0 Å². The molecule has 3 nitrogen and oxygen atoms in total. The molecule has 0 aliphatic carbocycles. The molecule has 0 amide bonds. The molecular formula is C11H21NO2S. The third kappa shape index (κ3) is 3.05. The van der Waals surface area contributed by atoms with Gasteiger partial charge in [-0.25, -0.2) is 8.42 Å². The van der Waals surface area contributed by atoms with Crippen molar-refractivity contribution in [3.8, 4) is 0 Å². The van der Waals surface area contributed by atoms with Crippen molar-refractivity contribution >= 4 is 10.0 Å². The lowest BCUT2D eigenvalue weighted by molar-refractivity contribution is 0.364. The molecule has 1 heterocycles. The van der Waals surface area contributed by atoms with Gasteiger partial charge in [-0.1, -0.05) is 32.4 Å². The highest BCUT2D eigenvalue weighted by Crippen LogP contribution is 2.34. The molecule has 4 heteroatoms. The van der Waals surface area contributed by atoms with Crippen molar-refractivity contribution in [3.05, 3.63) is 11.6 Å². The second-order valence-corrected chi connectivity index (χ2v) is 6.82. The quantitative estimate of drug-likeness (QED) is 0.697. The second kappa shape index (κ2) is 4.26. The Balaban J connectivity index is 2.76. The van der Waals surface area contributed by atoms with Crippen molar-refractivity contribution in [2.75, 3.05) is 19.3 Å². The molecule has 15 heavy (non-hydrogen) atoms. The third-order valence-electron chi connectivity index (χ3n) is 3.39. The maximum atomic E-state index is 11.3. The predicted molar refractivity (Wildman–Crippen MR) is 63.2 cm³/mol. The Morgan fingerprint density at radius 1 is 1.47 bits per heavy atom. The molecule has 0 saturated heterocycles. The first-order valence-corrected chi connectivity index (χ1v) is 7.27. The predicted octanol–water partition coefficient (Wildman–Crippen LogP) is 2.01. The average molecular weight is 231 g/mol. The molecule has 1 aliphatic heterocycles. The molecule has 0 aromatic heterocycles. The van der Waals surface area contributed by atoms with Gasteiger partial charge >= 0.3 is 0 Å². The lowest BCUT2D eigenvalue weighted by atomic mass is 9.79. The number of rotatable bonds is 3. The summed E-state index contributed by atoms with van der Waals surface area (Å²) in [5.41, 5.74) is 1.61. The summed E-state index contributed by atoms with van der Waals surface area (Å²) in [6.07, 6.45) is 5.32. The zero-order chi connectivity index (χ0) is 11.7. The van der Waals surface area contributed by atoms with E-state index >= 15 is 0 Å². The van der Waals surface area contributed by atoms with E-state index in [1.807, 2.05) is 0 Å². The first-order chi connectivity index (χ1) is 6.77. The van der Waals surface area contributed by atoms with E-state index in [9.17, 15) is 8.42 Å². The summed E-state index contributed by atoms with van der Waals surface area (Å²) in [5, 5.41) is 0. The van der Waals surface area contributed by atoms with Gasteiger partial charge in [-0.15, -0.1) is 0 Å². The zero-order valence-electron chi connectivity index (χ0n) is 10.1. The molecule has 0 bridgehead atoms. The Bertz CT molecular complexity index is 355. The summed E-state index contributed by atoms with van der Waals surface area (Å²) in [5.74, 6) is 0. The van der Waals surface area contributed by atoms with Crippen LogP contribution in [-0.4, -0.2) is 32.1 Å². The summed E-state index contributed by atoms with van der Waals surface area (Å²) in [6, 6.07) is 0. The highest BCUT2D eigenvalue weighted by atomic mass is 32.2. The van der Waals surface area contributed by atoms with Crippen LogP contribution in [0.1, 0.15) is 33.6 Å². The first-order valence-electron chi connectivity index (χ1n) is 5.42. The van der Waals surface area contributed by atoms with Crippen LogP contribution in [0.15, 0.2) is 11.6 Å².